The van der Waals surface area contributed by atoms with Gasteiger partial charge in [-0.15, -0.1) is 0 Å². The van der Waals surface area contributed by atoms with Crippen molar-refractivity contribution in [2.24, 2.45) is 5.73 Å². The monoisotopic (exact) mass is 246 g/mol. The van der Waals surface area contributed by atoms with Gasteiger partial charge in [0.15, 0.2) is 0 Å². The summed E-state index contributed by atoms with van der Waals surface area (Å²) in [7, 11) is 0. The fourth-order valence-corrected chi connectivity index (χ4v) is 1.62. The third kappa shape index (κ3) is 3.49. The number of halogens is 1. The molecule has 94 valence electrons. The minimum Gasteiger partial charge on any atom is -0.370 e. The average Bonchev–Trinajstić information content (AvgIpc) is 2.39. The topological polar surface area (TPSA) is 63.8 Å². The van der Waals surface area contributed by atoms with Gasteiger partial charge in [-0.3, -0.25) is 0 Å². The summed E-state index contributed by atoms with van der Waals surface area (Å²) >= 11 is 0. The number of aromatic nitrogens is 2. The lowest BCUT2D eigenvalue weighted by Gasteiger charge is -2.06. The van der Waals surface area contributed by atoms with E-state index in [2.05, 4.69) is 15.3 Å². The highest BCUT2D eigenvalue weighted by molar-refractivity contribution is 5.33. The minimum absolute atomic E-state index is 0.208. The molecule has 0 bridgehead atoms. The highest BCUT2D eigenvalue weighted by Crippen LogP contribution is 2.06. The molecule has 0 unspecified atom stereocenters. The summed E-state index contributed by atoms with van der Waals surface area (Å²) in [4.78, 5) is 8.23. The van der Waals surface area contributed by atoms with Gasteiger partial charge in [0, 0.05) is 12.7 Å². The average molecular weight is 246 g/mol. The van der Waals surface area contributed by atoms with E-state index in [1.807, 2.05) is 6.07 Å². The first-order valence-corrected chi connectivity index (χ1v) is 5.78. The molecule has 2 rings (SSSR count). The lowest BCUT2D eigenvalue weighted by atomic mass is 10.1. The molecule has 0 saturated heterocycles. The van der Waals surface area contributed by atoms with Gasteiger partial charge in [-0.1, -0.05) is 12.1 Å². The summed E-state index contributed by atoms with van der Waals surface area (Å²) in [5.74, 6) is 1.13. The van der Waals surface area contributed by atoms with E-state index in [9.17, 15) is 4.39 Å². The Morgan fingerprint density at radius 2 is 2.17 bits per heavy atom. The van der Waals surface area contributed by atoms with Gasteiger partial charge >= 0.3 is 0 Å². The molecular weight excluding hydrogens is 231 g/mol. The van der Waals surface area contributed by atoms with E-state index in [4.69, 9.17) is 5.73 Å². The predicted molar refractivity (Wildman–Crippen MR) is 68.5 cm³/mol. The molecular formula is C13H15FN4. The maximum Gasteiger partial charge on any atom is 0.144 e. The van der Waals surface area contributed by atoms with E-state index in [1.165, 1.54) is 12.1 Å². The zero-order valence-electron chi connectivity index (χ0n) is 9.94. The largest absolute Gasteiger partial charge is 0.370 e. The Morgan fingerprint density at radius 3 is 2.94 bits per heavy atom. The van der Waals surface area contributed by atoms with E-state index in [0.717, 1.165) is 17.8 Å². The summed E-state index contributed by atoms with van der Waals surface area (Å²) < 4.78 is 13.0. The standard InChI is InChI=1S/C13H15FN4/c14-11-3-1-2-10(8-11)4-6-16-12-5-7-17-13(9-15)18-12/h1-3,5,7-8H,4,6,9,15H2,(H,16,17,18). The lowest BCUT2D eigenvalue weighted by Crippen LogP contribution is -2.09. The number of rotatable bonds is 5. The van der Waals surface area contributed by atoms with Crippen molar-refractivity contribution in [2.45, 2.75) is 13.0 Å². The lowest BCUT2D eigenvalue weighted by molar-refractivity contribution is 0.625. The molecule has 0 spiro atoms. The van der Waals surface area contributed by atoms with Crippen LogP contribution < -0.4 is 11.1 Å². The molecule has 0 aliphatic rings. The molecule has 0 atom stereocenters. The Hall–Kier alpha value is -2.01. The number of nitrogens with zero attached hydrogens (tertiary/aromatic N) is 2. The van der Waals surface area contributed by atoms with Crippen molar-refractivity contribution in [3.05, 3.63) is 53.7 Å². The molecule has 5 heteroatoms. The second-order valence-electron chi connectivity index (χ2n) is 3.87. The fourth-order valence-electron chi connectivity index (χ4n) is 1.62. The molecule has 2 aromatic rings. The summed E-state index contributed by atoms with van der Waals surface area (Å²) in [5, 5.41) is 3.16. The molecule has 0 amide bonds. The third-order valence-electron chi connectivity index (χ3n) is 2.50. The minimum atomic E-state index is -0.208. The SMILES string of the molecule is NCc1nccc(NCCc2cccc(F)c2)n1. The number of nitrogens with one attached hydrogen (secondary N) is 1. The predicted octanol–water partition coefficient (Wildman–Crippen LogP) is 1.73. The van der Waals surface area contributed by atoms with Gasteiger partial charge in [0.25, 0.3) is 0 Å². The van der Waals surface area contributed by atoms with Crippen LogP contribution in [0.1, 0.15) is 11.4 Å². The summed E-state index contributed by atoms with van der Waals surface area (Å²) in [6.45, 7) is 1.00. The van der Waals surface area contributed by atoms with Crippen LogP contribution in [0.25, 0.3) is 0 Å². The zero-order valence-corrected chi connectivity index (χ0v) is 9.94. The van der Waals surface area contributed by atoms with Gasteiger partial charge in [0.1, 0.15) is 17.5 Å². The fraction of sp³-hybridized carbons (Fsp3) is 0.231. The highest BCUT2D eigenvalue weighted by Gasteiger charge is 1.98. The normalized spacial score (nSPS) is 10.3. The Bertz CT molecular complexity index is 516. The van der Waals surface area contributed by atoms with Gasteiger partial charge in [-0.2, -0.15) is 0 Å². The number of hydrogen-bond donors (Lipinski definition) is 2. The van der Waals surface area contributed by atoms with Crippen LogP contribution in [-0.4, -0.2) is 16.5 Å². The maximum atomic E-state index is 13.0. The Balaban J connectivity index is 1.88. The molecule has 3 N–H and O–H groups in total. The second kappa shape index (κ2) is 6.07. The van der Waals surface area contributed by atoms with E-state index in [-0.39, 0.29) is 5.82 Å². The van der Waals surface area contributed by atoms with Gasteiger partial charge in [0.2, 0.25) is 0 Å². The first-order chi connectivity index (χ1) is 8.78. The Morgan fingerprint density at radius 1 is 1.28 bits per heavy atom. The van der Waals surface area contributed by atoms with Crippen LogP contribution >= 0.6 is 0 Å². The molecule has 0 fully saturated rings. The van der Waals surface area contributed by atoms with E-state index in [1.54, 1.807) is 18.3 Å². The van der Waals surface area contributed by atoms with Crippen molar-refractivity contribution in [1.82, 2.24) is 9.97 Å². The first kappa shape index (κ1) is 12.4. The van der Waals surface area contributed by atoms with Gasteiger partial charge in [-0.25, -0.2) is 14.4 Å². The maximum absolute atomic E-state index is 13.0. The van der Waals surface area contributed by atoms with Crippen LogP contribution in [0.5, 0.6) is 0 Å². The number of nitrogens with two attached hydrogens (primary N) is 1. The Labute approximate surface area is 105 Å². The van der Waals surface area contributed by atoms with Crippen molar-refractivity contribution in [3.8, 4) is 0 Å². The smallest absolute Gasteiger partial charge is 0.144 e. The number of hydrogen-bond acceptors (Lipinski definition) is 4. The zero-order chi connectivity index (χ0) is 12.8. The summed E-state index contributed by atoms with van der Waals surface area (Å²) in [6.07, 6.45) is 2.40. The van der Waals surface area contributed by atoms with Gasteiger partial charge in [0.05, 0.1) is 6.54 Å². The van der Waals surface area contributed by atoms with Crippen molar-refractivity contribution in [1.29, 1.82) is 0 Å². The van der Waals surface area contributed by atoms with E-state index < -0.39 is 0 Å². The first-order valence-electron chi connectivity index (χ1n) is 5.78. The van der Waals surface area contributed by atoms with Crippen molar-refractivity contribution in [3.63, 3.8) is 0 Å². The summed E-state index contributed by atoms with van der Waals surface area (Å²) in [6, 6.07) is 8.37. The molecule has 0 radical (unpaired) electrons. The molecule has 0 saturated carbocycles. The van der Waals surface area contributed by atoms with Crippen LogP contribution in [0.15, 0.2) is 36.5 Å². The Kier molecular flexibility index (Phi) is 4.20. The molecule has 0 aliphatic heterocycles. The van der Waals surface area contributed by atoms with Crippen molar-refractivity contribution >= 4 is 5.82 Å². The van der Waals surface area contributed by atoms with Crippen molar-refractivity contribution < 1.29 is 4.39 Å². The van der Waals surface area contributed by atoms with Gasteiger partial charge < -0.3 is 11.1 Å². The van der Waals surface area contributed by atoms with Gasteiger partial charge in [-0.05, 0) is 30.2 Å². The van der Waals surface area contributed by atoms with Crippen LogP contribution in [0.3, 0.4) is 0 Å². The third-order valence-corrected chi connectivity index (χ3v) is 2.50. The van der Waals surface area contributed by atoms with Crippen LogP contribution in [0.2, 0.25) is 0 Å². The number of benzene rings is 1. The van der Waals surface area contributed by atoms with Crippen molar-refractivity contribution in [2.75, 3.05) is 11.9 Å². The number of anilines is 1. The van der Waals surface area contributed by atoms with E-state index in [0.29, 0.717) is 18.9 Å². The molecule has 0 aliphatic carbocycles. The quantitative estimate of drug-likeness (QED) is 0.843. The second-order valence-corrected chi connectivity index (χ2v) is 3.87. The molecule has 1 aromatic carbocycles. The molecule has 1 aromatic heterocycles. The highest BCUT2D eigenvalue weighted by atomic mass is 19.1. The molecule has 18 heavy (non-hydrogen) atoms. The summed E-state index contributed by atoms with van der Waals surface area (Å²) in [5.41, 5.74) is 6.41. The van der Waals surface area contributed by atoms with E-state index >= 15 is 0 Å². The molecule has 4 nitrogen and oxygen atoms in total. The molecule has 1 heterocycles. The van der Waals surface area contributed by atoms with Crippen LogP contribution in [0.4, 0.5) is 10.2 Å². The van der Waals surface area contributed by atoms with Crippen LogP contribution in [-0.2, 0) is 13.0 Å². The van der Waals surface area contributed by atoms with Crippen LogP contribution in [0, 0.1) is 5.82 Å².